The molecule has 0 radical (unpaired) electrons. The fourth-order valence-electron chi connectivity index (χ4n) is 1.70. The molecule has 9 heteroatoms. The number of carbonyl (C=O) groups is 1. The van der Waals surface area contributed by atoms with E-state index in [1.165, 1.54) is 0 Å². The van der Waals surface area contributed by atoms with Gasteiger partial charge in [-0.15, -0.1) is 0 Å². The minimum atomic E-state index is -1.40. The van der Waals surface area contributed by atoms with Crippen LogP contribution in [0.3, 0.4) is 0 Å². The predicted octanol–water partition coefficient (Wildman–Crippen LogP) is 2.16. The Balaban J connectivity index is 2.27. The average molecular weight is 292 g/mol. The highest BCUT2D eigenvalue weighted by atomic mass is 16.6. The lowest BCUT2D eigenvalue weighted by Gasteiger charge is -2.11. The van der Waals surface area contributed by atoms with E-state index >= 15 is 0 Å². The van der Waals surface area contributed by atoms with Crippen LogP contribution in [0, 0.1) is 17.0 Å². The summed E-state index contributed by atoms with van der Waals surface area (Å²) in [6, 6.07) is 0.738. The molecule has 0 saturated carbocycles. The van der Waals surface area contributed by atoms with Gasteiger partial charge in [-0.1, -0.05) is 0 Å². The van der Waals surface area contributed by atoms with E-state index in [1.54, 1.807) is 20.0 Å². The van der Waals surface area contributed by atoms with Crippen LogP contribution in [-0.2, 0) is 0 Å². The van der Waals surface area contributed by atoms with Crippen molar-refractivity contribution in [1.29, 1.82) is 0 Å². The van der Waals surface area contributed by atoms with Crippen LogP contribution in [0.2, 0.25) is 0 Å². The lowest BCUT2D eigenvalue weighted by Crippen LogP contribution is -2.10. The molecule has 0 fully saturated rings. The minimum Gasteiger partial charge on any atom is -0.477 e. The van der Waals surface area contributed by atoms with Gasteiger partial charge in [0.05, 0.1) is 11.1 Å². The number of hydrogen-bond acceptors (Lipinski definition) is 7. The third-order valence-electron chi connectivity index (χ3n) is 2.68. The van der Waals surface area contributed by atoms with Gasteiger partial charge in [-0.3, -0.25) is 10.1 Å². The summed E-state index contributed by atoms with van der Waals surface area (Å²) < 4.78 is 5.33. The second-order valence-electron chi connectivity index (χ2n) is 4.32. The lowest BCUT2D eigenvalue weighted by atomic mass is 10.2. The molecular formula is C12H12N4O5. The van der Waals surface area contributed by atoms with E-state index < -0.39 is 22.1 Å². The molecule has 0 aromatic carbocycles. The smallest absolute Gasteiger partial charge is 0.342 e. The number of carboxylic acids is 1. The van der Waals surface area contributed by atoms with Gasteiger partial charge in [0.2, 0.25) is 5.89 Å². The van der Waals surface area contributed by atoms with Gasteiger partial charge in [-0.2, -0.15) is 0 Å². The molecule has 2 aromatic heterocycles. The van der Waals surface area contributed by atoms with Crippen LogP contribution in [0.5, 0.6) is 0 Å². The Hall–Kier alpha value is -2.97. The summed E-state index contributed by atoms with van der Waals surface area (Å²) in [5.74, 6) is -0.167. The van der Waals surface area contributed by atoms with Gasteiger partial charge in [-0.05, 0) is 13.8 Å². The molecule has 0 amide bonds. The van der Waals surface area contributed by atoms with E-state index in [4.69, 9.17) is 9.52 Å². The minimum absolute atomic E-state index is 0.182. The molecule has 0 saturated heterocycles. The molecule has 21 heavy (non-hydrogen) atoms. The summed E-state index contributed by atoms with van der Waals surface area (Å²) in [5, 5.41) is 22.6. The summed E-state index contributed by atoms with van der Waals surface area (Å²) in [6.45, 7) is 3.49. The summed E-state index contributed by atoms with van der Waals surface area (Å²) in [4.78, 5) is 28.9. The molecule has 0 aliphatic rings. The third kappa shape index (κ3) is 3.14. The maximum absolute atomic E-state index is 11.0. The van der Waals surface area contributed by atoms with Crippen molar-refractivity contribution < 1.29 is 19.2 Å². The SMILES string of the molecule is Cc1cnc(C(C)Nc2cc(C(=O)O)c([N+](=O)[O-])cn2)o1. The quantitative estimate of drug-likeness (QED) is 0.633. The van der Waals surface area contributed by atoms with Crippen molar-refractivity contribution in [3.63, 3.8) is 0 Å². The average Bonchev–Trinajstić information content (AvgIpc) is 2.85. The van der Waals surface area contributed by atoms with E-state index in [2.05, 4.69) is 15.3 Å². The first-order valence-corrected chi connectivity index (χ1v) is 5.95. The van der Waals surface area contributed by atoms with Gasteiger partial charge in [0.25, 0.3) is 0 Å². The Labute approximate surface area is 118 Å². The highest BCUT2D eigenvalue weighted by molar-refractivity contribution is 5.93. The van der Waals surface area contributed by atoms with Crippen molar-refractivity contribution >= 4 is 17.5 Å². The van der Waals surface area contributed by atoms with E-state index in [-0.39, 0.29) is 11.9 Å². The zero-order valence-corrected chi connectivity index (χ0v) is 11.2. The number of aromatic carboxylic acids is 1. The maximum Gasteiger partial charge on any atom is 0.342 e. The first kappa shape index (κ1) is 14.4. The maximum atomic E-state index is 11.0. The number of nitrogens with zero attached hydrogens (tertiary/aromatic N) is 3. The topological polar surface area (TPSA) is 131 Å². The van der Waals surface area contributed by atoms with E-state index in [0.29, 0.717) is 11.7 Å². The molecule has 0 aliphatic heterocycles. The van der Waals surface area contributed by atoms with Gasteiger partial charge in [0.1, 0.15) is 29.4 Å². The molecule has 9 nitrogen and oxygen atoms in total. The van der Waals surface area contributed by atoms with Crippen molar-refractivity contribution in [3.05, 3.63) is 45.8 Å². The van der Waals surface area contributed by atoms with E-state index in [1.807, 2.05) is 0 Å². The van der Waals surface area contributed by atoms with Gasteiger partial charge in [0.15, 0.2) is 0 Å². The Morgan fingerprint density at radius 1 is 1.48 bits per heavy atom. The third-order valence-corrected chi connectivity index (χ3v) is 2.68. The Kier molecular flexibility index (Phi) is 3.83. The van der Waals surface area contributed by atoms with E-state index in [0.717, 1.165) is 12.3 Å². The number of pyridine rings is 1. The number of nitro groups is 1. The summed E-state index contributed by atoms with van der Waals surface area (Å²) in [5.41, 5.74) is -0.999. The number of nitrogens with one attached hydrogen (secondary N) is 1. The lowest BCUT2D eigenvalue weighted by molar-refractivity contribution is -0.385. The van der Waals surface area contributed by atoms with Crippen molar-refractivity contribution in [1.82, 2.24) is 9.97 Å². The Morgan fingerprint density at radius 2 is 2.19 bits per heavy atom. The molecule has 2 heterocycles. The van der Waals surface area contributed by atoms with Crippen LogP contribution in [-0.4, -0.2) is 26.0 Å². The normalized spacial score (nSPS) is 11.9. The fraction of sp³-hybridized carbons (Fsp3) is 0.250. The molecule has 2 rings (SSSR count). The predicted molar refractivity (Wildman–Crippen MR) is 71.1 cm³/mol. The number of rotatable bonds is 5. The number of anilines is 1. The van der Waals surface area contributed by atoms with Crippen molar-refractivity contribution in [2.45, 2.75) is 19.9 Å². The number of carboxylic acid groups (broad SMARTS) is 1. The first-order valence-electron chi connectivity index (χ1n) is 5.95. The Morgan fingerprint density at radius 3 is 2.71 bits per heavy atom. The highest BCUT2D eigenvalue weighted by Gasteiger charge is 2.22. The molecule has 0 aliphatic carbocycles. The van der Waals surface area contributed by atoms with Crippen LogP contribution < -0.4 is 5.32 Å². The Bertz CT molecular complexity index is 697. The standard InChI is InChI=1S/C12H12N4O5/c1-6-4-14-11(21-6)7(2)15-10-3-8(12(17)18)9(5-13-10)16(19)20/h3-5,7H,1-2H3,(H,13,15)(H,17,18). The van der Waals surface area contributed by atoms with Gasteiger partial charge >= 0.3 is 11.7 Å². The van der Waals surface area contributed by atoms with Crippen molar-refractivity contribution in [3.8, 4) is 0 Å². The highest BCUT2D eigenvalue weighted by Crippen LogP contribution is 2.23. The molecule has 1 unspecified atom stereocenters. The fourth-order valence-corrected chi connectivity index (χ4v) is 1.70. The number of aromatic nitrogens is 2. The van der Waals surface area contributed by atoms with Crippen molar-refractivity contribution in [2.75, 3.05) is 5.32 Å². The first-order chi connectivity index (χ1) is 9.88. The summed E-state index contributed by atoms with van der Waals surface area (Å²) >= 11 is 0. The summed E-state index contributed by atoms with van der Waals surface area (Å²) in [7, 11) is 0. The van der Waals surface area contributed by atoms with Crippen LogP contribution in [0.4, 0.5) is 11.5 Å². The van der Waals surface area contributed by atoms with E-state index in [9.17, 15) is 14.9 Å². The van der Waals surface area contributed by atoms with Crippen molar-refractivity contribution in [2.24, 2.45) is 0 Å². The zero-order valence-electron chi connectivity index (χ0n) is 11.2. The summed E-state index contributed by atoms with van der Waals surface area (Å²) in [6.07, 6.45) is 2.46. The molecular weight excluding hydrogens is 280 g/mol. The number of hydrogen-bond donors (Lipinski definition) is 2. The van der Waals surface area contributed by atoms with Crippen LogP contribution in [0.15, 0.2) is 22.9 Å². The number of aryl methyl sites for hydroxylation is 1. The molecule has 2 N–H and O–H groups in total. The van der Waals surface area contributed by atoms with Crippen LogP contribution in [0.1, 0.15) is 35.0 Å². The molecule has 1 atom stereocenters. The molecule has 110 valence electrons. The second-order valence-corrected chi connectivity index (χ2v) is 4.32. The second kappa shape index (κ2) is 5.57. The largest absolute Gasteiger partial charge is 0.477 e. The van der Waals surface area contributed by atoms with Crippen LogP contribution >= 0.6 is 0 Å². The monoisotopic (exact) mass is 292 g/mol. The molecule has 0 bridgehead atoms. The zero-order chi connectivity index (χ0) is 15.6. The number of oxazole rings is 1. The molecule has 0 spiro atoms. The van der Waals surface area contributed by atoms with Crippen LogP contribution in [0.25, 0.3) is 0 Å². The van der Waals surface area contributed by atoms with Gasteiger partial charge in [-0.25, -0.2) is 14.8 Å². The van der Waals surface area contributed by atoms with Gasteiger partial charge in [0, 0.05) is 6.07 Å². The van der Waals surface area contributed by atoms with Gasteiger partial charge < -0.3 is 14.8 Å². The molecule has 2 aromatic rings.